The Morgan fingerprint density at radius 3 is 2.22 bits per heavy atom. The monoisotopic (exact) mass is 369 g/mol. The highest BCUT2D eigenvalue weighted by atomic mass is 35.5. The number of amides is 1. The first-order chi connectivity index (χ1) is 11.0. The average Bonchev–Trinajstić information content (AvgIpc) is 2.53. The van der Waals surface area contributed by atoms with Crippen LogP contribution in [0.3, 0.4) is 0 Å². The lowest BCUT2D eigenvalue weighted by molar-refractivity contribution is 0.0747. The van der Waals surface area contributed by atoms with Gasteiger partial charge in [0.2, 0.25) is 0 Å². The Hall–Kier alpha value is -1.49. The van der Waals surface area contributed by atoms with Crippen LogP contribution in [0.25, 0.3) is 0 Å². The average molecular weight is 371 g/mol. The molecule has 0 spiro atoms. The minimum Gasteiger partial charge on any atom is -0.368 e. The molecule has 0 bridgehead atoms. The molecule has 0 atom stereocenters. The normalized spacial score (nSPS) is 14.9. The van der Waals surface area contributed by atoms with Gasteiger partial charge in [0.1, 0.15) is 5.15 Å². The Labute approximate surface area is 149 Å². The summed E-state index contributed by atoms with van der Waals surface area (Å²) in [5, 5.41) is 1.39. The zero-order valence-corrected chi connectivity index (χ0v) is 14.4. The molecular formula is C16H14Cl3N3O. The van der Waals surface area contributed by atoms with Gasteiger partial charge >= 0.3 is 0 Å². The second kappa shape index (κ2) is 6.95. The molecule has 2 aromatic rings. The molecule has 1 aliphatic heterocycles. The lowest BCUT2D eigenvalue weighted by Gasteiger charge is -2.36. The van der Waals surface area contributed by atoms with Gasteiger partial charge in [-0.2, -0.15) is 0 Å². The first kappa shape index (κ1) is 16.4. The number of benzene rings is 1. The minimum absolute atomic E-state index is 0.0539. The number of carbonyl (C=O) groups is 1. The van der Waals surface area contributed by atoms with Gasteiger partial charge in [-0.3, -0.25) is 4.79 Å². The van der Waals surface area contributed by atoms with E-state index >= 15 is 0 Å². The molecule has 1 saturated heterocycles. The maximum atomic E-state index is 12.6. The molecule has 120 valence electrons. The van der Waals surface area contributed by atoms with Crippen molar-refractivity contribution in [2.24, 2.45) is 0 Å². The van der Waals surface area contributed by atoms with E-state index in [0.29, 0.717) is 33.9 Å². The van der Waals surface area contributed by atoms with Crippen LogP contribution in [0.1, 0.15) is 10.4 Å². The summed E-state index contributed by atoms with van der Waals surface area (Å²) in [4.78, 5) is 20.5. The van der Waals surface area contributed by atoms with Crippen LogP contribution in [0.4, 0.5) is 5.69 Å². The molecule has 23 heavy (non-hydrogen) atoms. The molecular weight excluding hydrogens is 357 g/mol. The molecule has 0 saturated carbocycles. The molecule has 0 N–H and O–H groups in total. The standard InChI is InChI=1S/C16H14Cl3N3O/c17-12-7-11(8-13(18)9-12)16(23)22-5-3-21(4-6-22)14-1-2-20-15(19)10-14/h1-2,7-10H,3-6H2. The minimum atomic E-state index is -0.0539. The fraction of sp³-hybridized carbons (Fsp3) is 0.250. The van der Waals surface area contributed by atoms with Crippen LogP contribution < -0.4 is 4.90 Å². The lowest BCUT2D eigenvalue weighted by atomic mass is 10.1. The second-order valence-corrected chi connectivity index (χ2v) is 6.53. The third-order valence-corrected chi connectivity index (χ3v) is 4.39. The molecule has 2 heterocycles. The zero-order valence-electron chi connectivity index (χ0n) is 12.2. The van der Waals surface area contributed by atoms with Crippen molar-refractivity contribution in [1.82, 2.24) is 9.88 Å². The van der Waals surface area contributed by atoms with Gasteiger partial charge < -0.3 is 9.80 Å². The van der Waals surface area contributed by atoms with Crippen LogP contribution in [0, 0.1) is 0 Å². The van der Waals surface area contributed by atoms with Crippen molar-refractivity contribution in [3.05, 3.63) is 57.3 Å². The number of rotatable bonds is 2. The number of hydrogen-bond donors (Lipinski definition) is 0. The highest BCUT2D eigenvalue weighted by Crippen LogP contribution is 2.22. The van der Waals surface area contributed by atoms with Gasteiger partial charge in [-0.1, -0.05) is 34.8 Å². The summed E-state index contributed by atoms with van der Waals surface area (Å²) in [5.41, 5.74) is 1.53. The maximum absolute atomic E-state index is 12.6. The first-order valence-electron chi connectivity index (χ1n) is 7.15. The molecule has 1 aromatic heterocycles. The van der Waals surface area contributed by atoms with Gasteiger partial charge in [-0.05, 0) is 30.3 Å². The molecule has 1 fully saturated rings. The van der Waals surface area contributed by atoms with Gasteiger partial charge in [0, 0.05) is 53.7 Å². The molecule has 3 rings (SSSR count). The molecule has 0 unspecified atom stereocenters. The van der Waals surface area contributed by atoms with Gasteiger partial charge in [0.25, 0.3) is 5.91 Å². The van der Waals surface area contributed by atoms with Crippen LogP contribution in [0.15, 0.2) is 36.5 Å². The van der Waals surface area contributed by atoms with E-state index in [9.17, 15) is 4.79 Å². The van der Waals surface area contributed by atoms with Gasteiger partial charge in [0.15, 0.2) is 0 Å². The molecule has 0 radical (unpaired) electrons. The largest absolute Gasteiger partial charge is 0.368 e. The summed E-state index contributed by atoms with van der Waals surface area (Å²) in [6.07, 6.45) is 1.68. The van der Waals surface area contributed by atoms with Crippen molar-refractivity contribution >= 4 is 46.4 Å². The molecule has 1 aliphatic rings. The number of anilines is 1. The smallest absolute Gasteiger partial charge is 0.254 e. The second-order valence-electron chi connectivity index (χ2n) is 5.27. The van der Waals surface area contributed by atoms with E-state index in [0.717, 1.165) is 18.8 Å². The van der Waals surface area contributed by atoms with E-state index in [1.165, 1.54) is 0 Å². The number of pyridine rings is 1. The maximum Gasteiger partial charge on any atom is 0.254 e. The summed E-state index contributed by atoms with van der Waals surface area (Å²) in [6, 6.07) is 8.65. The van der Waals surface area contributed by atoms with Crippen LogP contribution in [0.5, 0.6) is 0 Å². The summed E-state index contributed by atoms with van der Waals surface area (Å²) in [7, 11) is 0. The Bertz CT molecular complexity index is 710. The van der Waals surface area contributed by atoms with Crippen molar-refractivity contribution in [3.63, 3.8) is 0 Å². The van der Waals surface area contributed by atoms with Crippen LogP contribution >= 0.6 is 34.8 Å². The van der Waals surface area contributed by atoms with Crippen LogP contribution in [-0.2, 0) is 0 Å². The highest BCUT2D eigenvalue weighted by Gasteiger charge is 2.23. The fourth-order valence-electron chi connectivity index (χ4n) is 2.62. The number of aromatic nitrogens is 1. The molecule has 7 heteroatoms. The summed E-state index contributed by atoms with van der Waals surface area (Å²) in [5.74, 6) is -0.0539. The predicted molar refractivity (Wildman–Crippen MR) is 93.8 cm³/mol. The van der Waals surface area contributed by atoms with E-state index < -0.39 is 0 Å². The third-order valence-electron chi connectivity index (χ3n) is 3.75. The molecule has 1 amide bonds. The van der Waals surface area contributed by atoms with Crippen molar-refractivity contribution in [3.8, 4) is 0 Å². The third kappa shape index (κ3) is 3.89. The molecule has 4 nitrogen and oxygen atoms in total. The van der Waals surface area contributed by atoms with Crippen molar-refractivity contribution in [2.45, 2.75) is 0 Å². The number of hydrogen-bond acceptors (Lipinski definition) is 3. The number of nitrogens with zero attached hydrogens (tertiary/aromatic N) is 3. The topological polar surface area (TPSA) is 36.4 Å². The number of carbonyl (C=O) groups excluding carboxylic acids is 1. The molecule has 1 aromatic carbocycles. The van der Waals surface area contributed by atoms with Crippen molar-refractivity contribution in [1.29, 1.82) is 0 Å². The zero-order chi connectivity index (χ0) is 16.4. The van der Waals surface area contributed by atoms with E-state index in [4.69, 9.17) is 34.8 Å². The van der Waals surface area contributed by atoms with E-state index in [-0.39, 0.29) is 5.91 Å². The van der Waals surface area contributed by atoms with Crippen LogP contribution in [0.2, 0.25) is 15.2 Å². The Kier molecular flexibility index (Phi) is 4.95. The van der Waals surface area contributed by atoms with Crippen molar-refractivity contribution < 1.29 is 4.79 Å². The highest BCUT2D eigenvalue weighted by molar-refractivity contribution is 6.35. The van der Waals surface area contributed by atoms with Crippen molar-refractivity contribution in [2.75, 3.05) is 31.1 Å². The number of piperazine rings is 1. The Morgan fingerprint density at radius 2 is 1.61 bits per heavy atom. The predicted octanol–water partition coefficient (Wildman–Crippen LogP) is 4.00. The molecule has 0 aliphatic carbocycles. The van der Waals surface area contributed by atoms with Gasteiger partial charge in [0.05, 0.1) is 0 Å². The van der Waals surface area contributed by atoms with Gasteiger partial charge in [-0.25, -0.2) is 4.98 Å². The van der Waals surface area contributed by atoms with Gasteiger partial charge in [-0.15, -0.1) is 0 Å². The lowest BCUT2D eigenvalue weighted by Crippen LogP contribution is -2.48. The Morgan fingerprint density at radius 1 is 0.957 bits per heavy atom. The van der Waals surface area contributed by atoms with E-state index in [2.05, 4.69) is 9.88 Å². The SMILES string of the molecule is O=C(c1cc(Cl)cc(Cl)c1)N1CCN(c2ccnc(Cl)c2)CC1. The summed E-state index contributed by atoms with van der Waals surface area (Å²) in [6.45, 7) is 2.73. The summed E-state index contributed by atoms with van der Waals surface area (Å²) < 4.78 is 0. The van der Waals surface area contributed by atoms with E-state index in [1.807, 2.05) is 12.1 Å². The summed E-state index contributed by atoms with van der Waals surface area (Å²) >= 11 is 17.9. The first-order valence-corrected chi connectivity index (χ1v) is 8.28. The van der Waals surface area contributed by atoms with E-state index in [1.54, 1.807) is 29.3 Å². The number of halogens is 3. The fourth-order valence-corrected chi connectivity index (χ4v) is 3.31. The Balaban J connectivity index is 1.67. The van der Waals surface area contributed by atoms with Crippen LogP contribution in [-0.4, -0.2) is 42.0 Å². The quantitative estimate of drug-likeness (QED) is 0.750.